The number of hydrogen-bond donors (Lipinski definition) is 2. The van der Waals surface area contributed by atoms with Crippen molar-refractivity contribution in [3.63, 3.8) is 0 Å². The lowest BCUT2D eigenvalue weighted by Crippen LogP contribution is -2.39. The van der Waals surface area contributed by atoms with Crippen LogP contribution in [0.3, 0.4) is 0 Å². The second kappa shape index (κ2) is 8.43. The first-order chi connectivity index (χ1) is 12.5. The Morgan fingerprint density at radius 2 is 1.77 bits per heavy atom. The van der Waals surface area contributed by atoms with Gasteiger partial charge in [-0.05, 0) is 30.7 Å². The summed E-state index contributed by atoms with van der Waals surface area (Å²) in [6, 6.07) is 10.1. The Morgan fingerprint density at radius 3 is 2.46 bits per heavy atom. The molecule has 3 rings (SSSR count). The lowest BCUT2D eigenvalue weighted by molar-refractivity contribution is 0.0398. The summed E-state index contributed by atoms with van der Waals surface area (Å²) in [7, 11) is -3.68. The number of aromatic nitrogens is 2. The highest BCUT2D eigenvalue weighted by atomic mass is 32.2. The molecule has 2 heterocycles. The van der Waals surface area contributed by atoms with Crippen LogP contribution in [0.1, 0.15) is 5.56 Å². The normalized spacial score (nSPS) is 15.6. The van der Waals surface area contributed by atoms with Gasteiger partial charge in [-0.1, -0.05) is 18.2 Å². The van der Waals surface area contributed by atoms with E-state index in [4.69, 9.17) is 4.74 Å². The number of aryl methyl sites for hydroxylation is 1. The lowest BCUT2D eigenvalue weighted by Gasteiger charge is -2.26. The van der Waals surface area contributed by atoms with Crippen molar-refractivity contribution in [3.05, 3.63) is 42.0 Å². The molecule has 0 spiro atoms. The molecule has 2 N–H and O–H groups in total. The predicted octanol–water partition coefficient (Wildman–Crippen LogP) is 1.33. The zero-order valence-corrected chi connectivity index (χ0v) is 15.5. The minimum Gasteiger partial charge on any atom is -0.379 e. The number of nitrogens with one attached hydrogen (secondary N) is 2. The van der Waals surface area contributed by atoms with Gasteiger partial charge in [-0.2, -0.15) is 0 Å². The molecule has 0 radical (unpaired) electrons. The molecule has 0 saturated carbocycles. The Labute approximate surface area is 153 Å². The maximum absolute atomic E-state index is 12.4. The molecular formula is C17H23N5O3S. The van der Waals surface area contributed by atoms with Crippen LogP contribution in [-0.4, -0.2) is 62.9 Å². The number of benzene rings is 1. The molecule has 9 heteroatoms. The monoisotopic (exact) mass is 377 g/mol. The maximum atomic E-state index is 12.4. The van der Waals surface area contributed by atoms with Gasteiger partial charge in [0.15, 0.2) is 5.82 Å². The smallest absolute Gasteiger partial charge is 0.263 e. The average molecular weight is 377 g/mol. The summed E-state index contributed by atoms with van der Waals surface area (Å²) >= 11 is 0. The Kier molecular flexibility index (Phi) is 6.02. The molecule has 1 aromatic carbocycles. The summed E-state index contributed by atoms with van der Waals surface area (Å²) in [6.07, 6.45) is 0. The number of morpholine rings is 1. The van der Waals surface area contributed by atoms with Crippen LogP contribution in [0.4, 0.5) is 11.6 Å². The van der Waals surface area contributed by atoms with Crippen LogP contribution < -0.4 is 10.0 Å². The Balaban J connectivity index is 1.55. The third-order valence-electron chi connectivity index (χ3n) is 4.12. The summed E-state index contributed by atoms with van der Waals surface area (Å²) in [5, 5.41) is 11.2. The average Bonchev–Trinajstić information content (AvgIpc) is 2.64. The van der Waals surface area contributed by atoms with E-state index in [0.717, 1.165) is 39.4 Å². The summed E-state index contributed by atoms with van der Waals surface area (Å²) in [4.78, 5) is 2.55. The van der Waals surface area contributed by atoms with E-state index in [2.05, 4.69) is 25.1 Å². The minimum atomic E-state index is -3.68. The van der Waals surface area contributed by atoms with E-state index in [9.17, 15) is 8.42 Å². The Hall–Kier alpha value is -2.23. The second-order valence-corrected chi connectivity index (χ2v) is 7.71. The summed E-state index contributed by atoms with van der Waals surface area (Å²) in [6.45, 7) is 6.81. The van der Waals surface area contributed by atoms with Gasteiger partial charge in [0, 0.05) is 26.2 Å². The Morgan fingerprint density at radius 1 is 1.08 bits per heavy atom. The van der Waals surface area contributed by atoms with Crippen molar-refractivity contribution in [2.45, 2.75) is 11.8 Å². The van der Waals surface area contributed by atoms with Crippen molar-refractivity contribution in [3.8, 4) is 0 Å². The number of nitrogens with zero attached hydrogens (tertiary/aromatic N) is 3. The van der Waals surface area contributed by atoms with Crippen molar-refractivity contribution < 1.29 is 13.2 Å². The predicted molar refractivity (Wildman–Crippen MR) is 99.8 cm³/mol. The van der Waals surface area contributed by atoms with Gasteiger partial charge >= 0.3 is 0 Å². The highest BCUT2D eigenvalue weighted by Gasteiger charge is 2.17. The van der Waals surface area contributed by atoms with E-state index in [1.807, 2.05) is 0 Å². The third-order valence-corrected chi connectivity index (χ3v) is 5.64. The molecule has 1 saturated heterocycles. The van der Waals surface area contributed by atoms with Crippen LogP contribution in [0.25, 0.3) is 0 Å². The molecular weight excluding hydrogens is 354 g/mol. The van der Waals surface area contributed by atoms with Gasteiger partial charge in [0.2, 0.25) is 0 Å². The highest BCUT2D eigenvalue weighted by Crippen LogP contribution is 2.18. The number of anilines is 2. The molecule has 8 nitrogen and oxygen atoms in total. The topological polar surface area (TPSA) is 96.5 Å². The number of sulfonamides is 1. The number of rotatable bonds is 7. The molecule has 2 aromatic rings. The third kappa shape index (κ3) is 4.90. The van der Waals surface area contributed by atoms with Gasteiger partial charge in [0.25, 0.3) is 10.0 Å². The molecule has 1 fully saturated rings. The molecule has 0 amide bonds. The molecule has 1 aliphatic heterocycles. The van der Waals surface area contributed by atoms with E-state index in [0.29, 0.717) is 11.4 Å². The molecule has 0 unspecified atom stereocenters. The standard InChI is InChI=1S/C17H23N5O3S/c1-14-4-2-3-5-15(14)26(23,24)21-17-7-6-16(19-20-17)18-8-9-22-10-12-25-13-11-22/h2-7H,8-13H2,1H3,(H,18,19)(H,20,21). The first-order valence-electron chi connectivity index (χ1n) is 8.51. The molecule has 0 bridgehead atoms. The van der Waals surface area contributed by atoms with Crippen LogP contribution in [0.2, 0.25) is 0 Å². The van der Waals surface area contributed by atoms with Crippen LogP contribution in [0.15, 0.2) is 41.3 Å². The van der Waals surface area contributed by atoms with Crippen molar-refractivity contribution >= 4 is 21.7 Å². The quantitative estimate of drug-likeness (QED) is 0.751. The molecule has 1 aromatic heterocycles. The summed E-state index contributed by atoms with van der Waals surface area (Å²) in [5.41, 5.74) is 0.675. The molecule has 26 heavy (non-hydrogen) atoms. The first-order valence-corrected chi connectivity index (χ1v) is 9.99. The molecule has 140 valence electrons. The van der Waals surface area contributed by atoms with Gasteiger partial charge < -0.3 is 10.1 Å². The van der Waals surface area contributed by atoms with Crippen LogP contribution in [0, 0.1) is 6.92 Å². The van der Waals surface area contributed by atoms with E-state index in [-0.39, 0.29) is 10.7 Å². The summed E-state index contributed by atoms with van der Waals surface area (Å²) in [5.74, 6) is 0.795. The summed E-state index contributed by atoms with van der Waals surface area (Å²) < 4.78 is 32.7. The van der Waals surface area contributed by atoms with Crippen molar-refractivity contribution in [2.24, 2.45) is 0 Å². The number of ether oxygens (including phenoxy) is 1. The molecule has 1 aliphatic rings. The second-order valence-electron chi connectivity index (χ2n) is 6.06. The zero-order valence-electron chi connectivity index (χ0n) is 14.7. The largest absolute Gasteiger partial charge is 0.379 e. The van der Waals surface area contributed by atoms with Crippen LogP contribution >= 0.6 is 0 Å². The van der Waals surface area contributed by atoms with Gasteiger partial charge in [0.05, 0.1) is 18.1 Å². The van der Waals surface area contributed by atoms with Gasteiger partial charge in [-0.25, -0.2) is 8.42 Å². The van der Waals surface area contributed by atoms with Crippen LogP contribution in [0.5, 0.6) is 0 Å². The fourth-order valence-corrected chi connectivity index (χ4v) is 3.94. The van der Waals surface area contributed by atoms with Crippen molar-refractivity contribution in [1.82, 2.24) is 15.1 Å². The SMILES string of the molecule is Cc1ccccc1S(=O)(=O)Nc1ccc(NCCN2CCOCC2)nn1. The van der Waals surface area contributed by atoms with Gasteiger partial charge in [0.1, 0.15) is 5.82 Å². The first kappa shape index (κ1) is 18.6. The number of hydrogen-bond acceptors (Lipinski definition) is 7. The molecule has 0 aliphatic carbocycles. The van der Waals surface area contributed by atoms with Gasteiger partial charge in [-0.15, -0.1) is 10.2 Å². The van der Waals surface area contributed by atoms with E-state index < -0.39 is 10.0 Å². The van der Waals surface area contributed by atoms with Crippen molar-refractivity contribution in [1.29, 1.82) is 0 Å². The lowest BCUT2D eigenvalue weighted by atomic mass is 10.2. The fraction of sp³-hybridized carbons (Fsp3) is 0.412. The maximum Gasteiger partial charge on any atom is 0.263 e. The van der Waals surface area contributed by atoms with Gasteiger partial charge in [-0.3, -0.25) is 9.62 Å². The minimum absolute atomic E-state index is 0.187. The van der Waals surface area contributed by atoms with E-state index in [1.165, 1.54) is 0 Å². The van der Waals surface area contributed by atoms with Crippen LogP contribution in [-0.2, 0) is 14.8 Å². The van der Waals surface area contributed by atoms with Crippen molar-refractivity contribution in [2.75, 3.05) is 49.4 Å². The highest BCUT2D eigenvalue weighted by molar-refractivity contribution is 7.92. The Bertz CT molecular complexity index is 821. The molecule has 0 atom stereocenters. The van der Waals surface area contributed by atoms with E-state index in [1.54, 1.807) is 43.3 Å². The fourth-order valence-electron chi connectivity index (χ4n) is 2.70. The van der Waals surface area contributed by atoms with E-state index >= 15 is 0 Å². The zero-order chi connectivity index (χ0) is 18.4.